The molecule has 146 valence electrons. The number of pyridine rings is 1. The van der Waals surface area contributed by atoms with Crippen molar-refractivity contribution in [1.82, 2.24) is 19.7 Å². The number of fused-ring (bicyclic) bond motifs is 2. The summed E-state index contributed by atoms with van der Waals surface area (Å²) in [5, 5.41) is 6.16. The highest BCUT2D eigenvalue weighted by molar-refractivity contribution is 7.15. The van der Waals surface area contributed by atoms with Crippen molar-refractivity contribution < 1.29 is 9.08 Å². The first-order valence-electron chi connectivity index (χ1n) is 8.70. The van der Waals surface area contributed by atoms with Crippen LogP contribution in [0.15, 0.2) is 45.2 Å². The normalized spacial score (nSPS) is 17.0. The number of imidazole rings is 1. The highest BCUT2D eigenvalue weighted by atomic mass is 35.5. The molecule has 1 saturated heterocycles. The Kier molecular flexibility index (Phi) is 5.31. The second-order valence-corrected chi connectivity index (χ2v) is 7.40. The van der Waals surface area contributed by atoms with Crippen LogP contribution in [0.25, 0.3) is 27.3 Å². The third kappa shape index (κ3) is 3.49. The van der Waals surface area contributed by atoms with Gasteiger partial charge in [-0.15, -0.1) is 11.3 Å². The summed E-state index contributed by atoms with van der Waals surface area (Å²) < 4.78 is 13.9. The molecule has 4 aromatic heterocycles. The van der Waals surface area contributed by atoms with Crippen molar-refractivity contribution in [2.75, 3.05) is 24.5 Å². The summed E-state index contributed by atoms with van der Waals surface area (Å²) in [7, 11) is 0. The highest BCUT2D eigenvalue weighted by Gasteiger charge is 2.18. The van der Waals surface area contributed by atoms with Crippen molar-refractivity contribution in [2.45, 2.75) is 13.0 Å². The number of nitrogens with zero attached hydrogens (tertiary/aromatic N) is 4. The van der Waals surface area contributed by atoms with E-state index in [0.717, 1.165) is 35.8 Å². The van der Waals surface area contributed by atoms with E-state index in [1.54, 1.807) is 0 Å². The lowest BCUT2D eigenvalue weighted by Gasteiger charge is -2.32. The Labute approximate surface area is 169 Å². The number of rotatable bonds is 2. The van der Waals surface area contributed by atoms with Crippen molar-refractivity contribution in [1.29, 1.82) is 0 Å². The molecule has 1 aliphatic rings. The van der Waals surface area contributed by atoms with Crippen molar-refractivity contribution in [3.63, 3.8) is 0 Å². The van der Waals surface area contributed by atoms with E-state index in [9.17, 15) is 4.79 Å². The SMILES string of the molecule is C[C@@H]1CN(c2ccc3cc(-c4cn5ccsc5n4)c(=O)oc3n2)CCN1.OCl. The molecule has 28 heavy (non-hydrogen) atoms. The molecule has 0 radical (unpaired) electrons. The average Bonchev–Trinajstić information content (AvgIpc) is 3.31. The molecule has 0 spiro atoms. The fourth-order valence-electron chi connectivity index (χ4n) is 3.34. The summed E-state index contributed by atoms with van der Waals surface area (Å²) in [5.74, 6) is 0.837. The first kappa shape index (κ1) is 18.9. The zero-order chi connectivity index (χ0) is 19.7. The second kappa shape index (κ2) is 7.88. The van der Waals surface area contributed by atoms with E-state index in [1.165, 1.54) is 11.3 Å². The van der Waals surface area contributed by atoms with Crippen LogP contribution >= 0.6 is 23.2 Å². The number of nitrogens with one attached hydrogen (secondary N) is 1. The first-order valence-corrected chi connectivity index (χ1v) is 9.92. The second-order valence-electron chi connectivity index (χ2n) is 6.53. The lowest BCUT2D eigenvalue weighted by molar-refractivity contribution is 0.481. The van der Waals surface area contributed by atoms with E-state index in [0.29, 0.717) is 23.0 Å². The molecule has 0 bridgehead atoms. The van der Waals surface area contributed by atoms with Crippen molar-refractivity contribution in [2.24, 2.45) is 0 Å². The summed E-state index contributed by atoms with van der Waals surface area (Å²) in [6.07, 6.45) is 3.76. The number of anilines is 1. The fraction of sp³-hybridized carbons (Fsp3) is 0.278. The summed E-state index contributed by atoms with van der Waals surface area (Å²) >= 11 is 5.17. The molecule has 2 N–H and O–H groups in total. The molecular formula is C18H18ClN5O3S. The molecule has 0 amide bonds. The van der Waals surface area contributed by atoms with Gasteiger partial charge in [0.2, 0.25) is 5.71 Å². The van der Waals surface area contributed by atoms with Crippen molar-refractivity contribution in [3.8, 4) is 11.3 Å². The summed E-state index contributed by atoms with van der Waals surface area (Å²) in [6, 6.07) is 6.15. The van der Waals surface area contributed by atoms with Gasteiger partial charge in [-0.1, -0.05) is 0 Å². The minimum absolute atomic E-state index is 0.364. The molecule has 5 heterocycles. The average molecular weight is 420 g/mol. The van der Waals surface area contributed by atoms with Crippen LogP contribution in [-0.2, 0) is 0 Å². The summed E-state index contributed by atoms with van der Waals surface area (Å²) in [5.41, 5.74) is 1.02. The molecule has 1 fully saturated rings. The van der Waals surface area contributed by atoms with Gasteiger partial charge < -0.3 is 14.6 Å². The number of hydrogen-bond donors (Lipinski definition) is 2. The van der Waals surface area contributed by atoms with Crippen LogP contribution in [0.5, 0.6) is 0 Å². The quantitative estimate of drug-likeness (QED) is 0.515. The van der Waals surface area contributed by atoms with Crippen molar-refractivity contribution in [3.05, 3.63) is 46.4 Å². The standard InChI is InChI=1S/C18H17N5O2S.ClHO/c1-11-9-22(5-4-19-11)15-3-2-12-8-13(17(24)25-16(12)21-15)14-10-23-6-7-26-18(23)20-14;1-2/h2-3,6-8,10-11,19H,4-5,9H2,1H3;2H/t11-;/m1./s1. The van der Waals surface area contributed by atoms with Gasteiger partial charge in [0.1, 0.15) is 5.82 Å². The Balaban J connectivity index is 0.000000932. The fourth-order valence-corrected chi connectivity index (χ4v) is 4.04. The minimum Gasteiger partial charge on any atom is -0.403 e. The minimum atomic E-state index is -0.415. The molecule has 5 rings (SSSR count). The summed E-state index contributed by atoms with van der Waals surface area (Å²) in [6.45, 7) is 4.83. The Morgan fingerprint density at radius 2 is 2.21 bits per heavy atom. The molecule has 0 aromatic carbocycles. The van der Waals surface area contributed by atoms with Crippen LogP contribution in [-0.4, -0.2) is 44.7 Å². The Hall–Kier alpha value is -2.46. The predicted octanol–water partition coefficient (Wildman–Crippen LogP) is 2.49. The first-order chi connectivity index (χ1) is 13.7. The molecule has 0 unspecified atom stereocenters. The molecule has 1 aliphatic heterocycles. The number of hydrogen-bond acceptors (Lipinski definition) is 8. The van der Waals surface area contributed by atoms with Crippen LogP contribution in [0.3, 0.4) is 0 Å². The van der Waals surface area contributed by atoms with Gasteiger partial charge in [-0.2, -0.15) is 4.98 Å². The van der Waals surface area contributed by atoms with Gasteiger partial charge in [0.25, 0.3) is 0 Å². The molecule has 0 saturated carbocycles. The monoisotopic (exact) mass is 419 g/mol. The topological polar surface area (TPSA) is 95.9 Å². The molecule has 8 nitrogen and oxygen atoms in total. The van der Waals surface area contributed by atoms with Crippen molar-refractivity contribution >= 4 is 45.1 Å². The number of thiazole rings is 1. The Morgan fingerprint density at radius 3 is 3.00 bits per heavy atom. The van der Waals surface area contributed by atoms with Gasteiger partial charge >= 0.3 is 5.63 Å². The Bertz CT molecular complexity index is 1140. The number of halogens is 1. The third-order valence-electron chi connectivity index (χ3n) is 4.65. The maximum atomic E-state index is 12.5. The van der Waals surface area contributed by atoms with Gasteiger partial charge in [-0.05, 0) is 25.1 Å². The van der Waals surface area contributed by atoms with E-state index in [-0.39, 0.29) is 0 Å². The van der Waals surface area contributed by atoms with E-state index in [2.05, 4.69) is 39.0 Å². The summed E-state index contributed by atoms with van der Waals surface area (Å²) in [4.78, 5) is 24.6. The number of piperazine rings is 1. The van der Waals surface area contributed by atoms with Crippen LogP contribution in [0, 0.1) is 0 Å². The van der Waals surface area contributed by atoms with Crippen LogP contribution in [0.4, 0.5) is 5.82 Å². The van der Waals surface area contributed by atoms with Crippen LogP contribution in [0.2, 0.25) is 0 Å². The van der Waals surface area contributed by atoms with E-state index in [1.807, 2.05) is 40.4 Å². The highest BCUT2D eigenvalue weighted by Crippen LogP contribution is 2.24. The Morgan fingerprint density at radius 1 is 1.36 bits per heavy atom. The molecule has 1 atom stereocenters. The third-order valence-corrected chi connectivity index (χ3v) is 5.42. The largest absolute Gasteiger partial charge is 0.403 e. The van der Waals surface area contributed by atoms with Crippen LogP contribution < -0.4 is 15.8 Å². The van der Waals surface area contributed by atoms with E-state index < -0.39 is 5.63 Å². The maximum absolute atomic E-state index is 12.5. The zero-order valence-corrected chi connectivity index (χ0v) is 16.6. The van der Waals surface area contributed by atoms with E-state index >= 15 is 0 Å². The molecule has 4 aromatic rings. The molecular weight excluding hydrogens is 402 g/mol. The molecule has 10 heteroatoms. The smallest absolute Gasteiger partial charge is 0.347 e. The zero-order valence-electron chi connectivity index (χ0n) is 15.0. The van der Waals surface area contributed by atoms with Gasteiger partial charge in [-0.3, -0.25) is 9.06 Å². The maximum Gasteiger partial charge on any atom is 0.347 e. The number of aromatic nitrogens is 3. The predicted molar refractivity (Wildman–Crippen MR) is 110 cm³/mol. The van der Waals surface area contributed by atoms with Crippen LogP contribution in [0.1, 0.15) is 6.92 Å². The van der Waals surface area contributed by atoms with Gasteiger partial charge in [0.05, 0.1) is 23.1 Å². The molecule has 0 aliphatic carbocycles. The van der Waals surface area contributed by atoms with Gasteiger partial charge in [0, 0.05) is 48.8 Å². The lowest BCUT2D eigenvalue weighted by atomic mass is 10.2. The lowest BCUT2D eigenvalue weighted by Crippen LogP contribution is -2.49. The van der Waals surface area contributed by atoms with Gasteiger partial charge in [0.15, 0.2) is 4.96 Å². The van der Waals surface area contributed by atoms with Gasteiger partial charge in [-0.25, -0.2) is 9.78 Å². The van der Waals surface area contributed by atoms with E-state index in [4.69, 9.17) is 9.08 Å².